The average Bonchev–Trinajstić information content (AvgIpc) is 2.43. The summed E-state index contributed by atoms with van der Waals surface area (Å²) in [6.45, 7) is 2.45. The third-order valence-electron chi connectivity index (χ3n) is 2.82. The van der Waals surface area contributed by atoms with Gasteiger partial charge < -0.3 is 9.84 Å². The van der Waals surface area contributed by atoms with Crippen LogP contribution in [-0.2, 0) is 19.6 Å². The van der Waals surface area contributed by atoms with Gasteiger partial charge in [0, 0.05) is 6.04 Å². The molecule has 0 spiro atoms. The zero-order chi connectivity index (χ0) is 17.1. The van der Waals surface area contributed by atoms with E-state index in [9.17, 15) is 18.0 Å². The molecule has 0 radical (unpaired) electrons. The molecule has 22 heavy (non-hydrogen) atoms. The van der Waals surface area contributed by atoms with Crippen molar-refractivity contribution in [2.45, 2.75) is 24.8 Å². The predicted octanol–water partition coefficient (Wildman–Crippen LogP) is 1.61. The molecule has 0 saturated heterocycles. The molecule has 0 aliphatic carbocycles. The first-order chi connectivity index (χ1) is 10.1. The molecule has 7 nitrogen and oxygen atoms in total. The van der Waals surface area contributed by atoms with Crippen molar-refractivity contribution >= 4 is 33.6 Å². The number of carboxylic acid groups (broad SMARTS) is 1. The highest BCUT2D eigenvalue weighted by Crippen LogP contribution is 2.25. The Morgan fingerprint density at radius 3 is 2.36 bits per heavy atom. The van der Waals surface area contributed by atoms with Gasteiger partial charge in [0.25, 0.3) is 0 Å². The van der Waals surface area contributed by atoms with E-state index in [-0.39, 0.29) is 15.5 Å². The number of methoxy groups -OCH3 is 1. The summed E-state index contributed by atoms with van der Waals surface area (Å²) in [5.74, 6) is -1.96. The normalized spacial score (nSPS) is 11.7. The Morgan fingerprint density at radius 1 is 1.36 bits per heavy atom. The van der Waals surface area contributed by atoms with Gasteiger partial charge in [0.15, 0.2) is 0 Å². The van der Waals surface area contributed by atoms with E-state index in [4.69, 9.17) is 16.7 Å². The minimum atomic E-state index is -4.05. The van der Waals surface area contributed by atoms with Crippen molar-refractivity contribution in [2.75, 3.05) is 13.7 Å². The lowest BCUT2D eigenvalue weighted by molar-refractivity contribution is -0.137. The van der Waals surface area contributed by atoms with Crippen LogP contribution in [0.3, 0.4) is 0 Å². The lowest BCUT2D eigenvalue weighted by Gasteiger charge is -2.24. The van der Waals surface area contributed by atoms with Crippen LogP contribution in [0.4, 0.5) is 0 Å². The summed E-state index contributed by atoms with van der Waals surface area (Å²) in [6.07, 6.45) is 0. The maximum atomic E-state index is 12.5. The first kappa shape index (κ1) is 18.4. The number of benzene rings is 1. The number of sulfonamides is 1. The third-order valence-corrected chi connectivity index (χ3v) is 5.15. The topological polar surface area (TPSA) is 101 Å². The minimum absolute atomic E-state index is 0.0254. The van der Waals surface area contributed by atoms with Crippen LogP contribution in [-0.4, -0.2) is 49.5 Å². The second-order valence-electron chi connectivity index (χ2n) is 4.67. The Bertz CT molecular complexity index is 686. The van der Waals surface area contributed by atoms with Crippen molar-refractivity contribution in [3.8, 4) is 0 Å². The lowest BCUT2D eigenvalue weighted by Crippen LogP contribution is -2.40. The number of carbonyl (C=O) groups is 2. The first-order valence-electron chi connectivity index (χ1n) is 6.22. The molecule has 0 aromatic heterocycles. The highest BCUT2D eigenvalue weighted by atomic mass is 35.5. The van der Waals surface area contributed by atoms with E-state index in [1.165, 1.54) is 19.2 Å². The second-order valence-corrected chi connectivity index (χ2v) is 6.97. The van der Waals surface area contributed by atoms with Crippen molar-refractivity contribution < 1.29 is 27.9 Å². The molecule has 1 aromatic rings. The van der Waals surface area contributed by atoms with E-state index in [2.05, 4.69) is 4.74 Å². The van der Waals surface area contributed by atoms with Crippen molar-refractivity contribution in [3.05, 3.63) is 28.8 Å². The zero-order valence-electron chi connectivity index (χ0n) is 12.2. The number of hydrogen-bond donors (Lipinski definition) is 1. The van der Waals surface area contributed by atoms with E-state index in [0.29, 0.717) is 0 Å². The molecule has 9 heteroatoms. The summed E-state index contributed by atoms with van der Waals surface area (Å²) in [5, 5.41) is 8.76. The highest BCUT2D eigenvalue weighted by molar-refractivity contribution is 7.89. The quantitative estimate of drug-likeness (QED) is 0.783. The number of rotatable bonds is 6. The zero-order valence-corrected chi connectivity index (χ0v) is 13.8. The molecule has 0 saturated carbocycles. The Hall–Kier alpha value is -1.64. The fourth-order valence-electron chi connectivity index (χ4n) is 1.75. The van der Waals surface area contributed by atoms with Crippen LogP contribution in [0.15, 0.2) is 23.1 Å². The van der Waals surface area contributed by atoms with Gasteiger partial charge in [0.05, 0.1) is 22.6 Å². The van der Waals surface area contributed by atoms with E-state index < -0.39 is 34.5 Å². The van der Waals surface area contributed by atoms with Crippen LogP contribution >= 0.6 is 11.6 Å². The molecule has 122 valence electrons. The SMILES string of the molecule is COC(=O)c1ccc(S(=O)(=O)N(CC(=O)O)C(C)C)cc1Cl. The van der Waals surface area contributed by atoms with Gasteiger partial charge in [-0.3, -0.25) is 4.79 Å². The fourth-order valence-corrected chi connectivity index (χ4v) is 3.68. The maximum absolute atomic E-state index is 12.5. The number of carbonyl (C=O) groups excluding carboxylic acids is 1. The molecule has 0 heterocycles. The molecule has 0 aliphatic heterocycles. The molecule has 0 bridgehead atoms. The van der Waals surface area contributed by atoms with Gasteiger partial charge in [0.2, 0.25) is 10.0 Å². The summed E-state index contributed by atoms with van der Waals surface area (Å²) < 4.78 is 30.4. The van der Waals surface area contributed by atoms with Crippen LogP contribution in [0.1, 0.15) is 24.2 Å². The van der Waals surface area contributed by atoms with Crippen molar-refractivity contribution in [1.29, 1.82) is 0 Å². The summed E-state index contributed by atoms with van der Waals surface area (Å²) in [4.78, 5) is 22.1. The molecule has 0 atom stereocenters. The van der Waals surface area contributed by atoms with Crippen LogP contribution in [0.2, 0.25) is 5.02 Å². The molecular formula is C13H16ClNO6S. The molecule has 1 aromatic carbocycles. The van der Waals surface area contributed by atoms with Gasteiger partial charge in [-0.25, -0.2) is 13.2 Å². The molecule has 0 aliphatic rings. The van der Waals surface area contributed by atoms with Gasteiger partial charge in [-0.05, 0) is 32.0 Å². The Morgan fingerprint density at radius 2 is 1.95 bits per heavy atom. The Balaban J connectivity index is 3.30. The van der Waals surface area contributed by atoms with Crippen LogP contribution in [0.5, 0.6) is 0 Å². The summed E-state index contributed by atoms with van der Waals surface area (Å²) >= 11 is 5.90. The molecule has 0 fully saturated rings. The van der Waals surface area contributed by atoms with E-state index >= 15 is 0 Å². The number of hydrogen-bond acceptors (Lipinski definition) is 5. The molecule has 0 amide bonds. The van der Waals surface area contributed by atoms with Crippen LogP contribution in [0, 0.1) is 0 Å². The molecule has 1 N–H and O–H groups in total. The summed E-state index contributed by atoms with van der Waals surface area (Å²) in [7, 11) is -2.87. The summed E-state index contributed by atoms with van der Waals surface area (Å²) in [5.41, 5.74) is 0.0254. The monoisotopic (exact) mass is 349 g/mol. The number of esters is 1. The molecule has 0 unspecified atom stereocenters. The number of aliphatic carboxylic acids is 1. The largest absolute Gasteiger partial charge is 0.480 e. The second kappa shape index (κ2) is 7.08. The first-order valence-corrected chi connectivity index (χ1v) is 8.04. The van der Waals surface area contributed by atoms with Gasteiger partial charge in [-0.1, -0.05) is 11.6 Å². The highest BCUT2D eigenvalue weighted by Gasteiger charge is 2.29. The maximum Gasteiger partial charge on any atom is 0.339 e. The Labute approximate surface area is 133 Å². The summed E-state index contributed by atoms with van der Waals surface area (Å²) in [6, 6.07) is 2.95. The van der Waals surface area contributed by atoms with Gasteiger partial charge in [-0.15, -0.1) is 0 Å². The van der Waals surface area contributed by atoms with Crippen molar-refractivity contribution in [1.82, 2.24) is 4.31 Å². The molecule has 1 rings (SSSR count). The van der Waals surface area contributed by atoms with Crippen molar-refractivity contribution in [2.24, 2.45) is 0 Å². The van der Waals surface area contributed by atoms with Gasteiger partial charge in [0.1, 0.15) is 6.54 Å². The smallest absolute Gasteiger partial charge is 0.339 e. The van der Waals surface area contributed by atoms with Gasteiger partial charge in [-0.2, -0.15) is 4.31 Å². The number of carboxylic acids is 1. The number of ether oxygens (including phenoxy) is 1. The van der Waals surface area contributed by atoms with Crippen molar-refractivity contribution in [3.63, 3.8) is 0 Å². The predicted molar refractivity (Wildman–Crippen MR) is 79.5 cm³/mol. The number of halogens is 1. The molecular weight excluding hydrogens is 334 g/mol. The minimum Gasteiger partial charge on any atom is -0.480 e. The Kier molecular flexibility index (Phi) is 5.92. The lowest BCUT2D eigenvalue weighted by atomic mass is 10.2. The number of nitrogens with zero attached hydrogens (tertiary/aromatic N) is 1. The van der Waals surface area contributed by atoms with E-state index in [1.54, 1.807) is 13.8 Å². The van der Waals surface area contributed by atoms with Gasteiger partial charge >= 0.3 is 11.9 Å². The van der Waals surface area contributed by atoms with Crippen LogP contribution in [0.25, 0.3) is 0 Å². The van der Waals surface area contributed by atoms with Crippen LogP contribution < -0.4 is 0 Å². The average molecular weight is 350 g/mol. The van der Waals surface area contributed by atoms with E-state index in [1.807, 2.05) is 0 Å². The standard InChI is InChI=1S/C13H16ClNO6S/c1-8(2)15(7-12(16)17)22(19,20)9-4-5-10(11(14)6-9)13(18)21-3/h4-6,8H,7H2,1-3H3,(H,16,17). The third kappa shape index (κ3) is 3.96. The fraction of sp³-hybridized carbons (Fsp3) is 0.385. The van der Waals surface area contributed by atoms with E-state index in [0.717, 1.165) is 10.4 Å².